The second-order valence-corrected chi connectivity index (χ2v) is 4.12. The third-order valence-corrected chi connectivity index (χ3v) is 2.59. The van der Waals surface area contributed by atoms with E-state index in [2.05, 4.69) is 15.9 Å². The van der Waals surface area contributed by atoms with E-state index in [1.807, 2.05) is 18.2 Å². The summed E-state index contributed by atoms with van der Waals surface area (Å²) in [4.78, 5) is 0. The molecular formula is C10H12BrClO2. The van der Waals surface area contributed by atoms with Crippen LogP contribution in [0.2, 0.25) is 5.02 Å². The Morgan fingerprint density at radius 2 is 2.21 bits per heavy atom. The van der Waals surface area contributed by atoms with Crippen molar-refractivity contribution >= 4 is 27.5 Å². The lowest BCUT2D eigenvalue weighted by Gasteiger charge is -2.05. The molecule has 1 aromatic carbocycles. The van der Waals surface area contributed by atoms with Gasteiger partial charge in [-0.2, -0.15) is 0 Å². The van der Waals surface area contributed by atoms with E-state index in [0.717, 1.165) is 21.5 Å². The first-order valence-corrected chi connectivity index (χ1v) is 5.41. The lowest BCUT2D eigenvalue weighted by atomic mass is 10.2. The second kappa shape index (κ2) is 6.40. The zero-order valence-corrected chi connectivity index (χ0v) is 10.3. The number of halogens is 2. The highest BCUT2D eigenvalue weighted by Crippen LogP contribution is 2.21. The van der Waals surface area contributed by atoms with Gasteiger partial charge in [0.15, 0.2) is 0 Å². The highest BCUT2D eigenvalue weighted by molar-refractivity contribution is 9.10. The monoisotopic (exact) mass is 278 g/mol. The Balaban J connectivity index is 2.45. The number of ether oxygens (including phenoxy) is 2. The number of hydrogen-bond donors (Lipinski definition) is 0. The summed E-state index contributed by atoms with van der Waals surface area (Å²) in [7, 11) is 1.60. The molecule has 0 aromatic heterocycles. The lowest BCUT2D eigenvalue weighted by molar-refractivity contribution is -0.0291. The minimum absolute atomic E-state index is 0.325. The fourth-order valence-corrected chi connectivity index (χ4v) is 1.68. The minimum atomic E-state index is 0.325. The van der Waals surface area contributed by atoms with Crippen molar-refractivity contribution in [2.75, 3.05) is 20.5 Å². The van der Waals surface area contributed by atoms with Gasteiger partial charge < -0.3 is 9.47 Å². The van der Waals surface area contributed by atoms with E-state index in [0.29, 0.717) is 13.4 Å². The van der Waals surface area contributed by atoms with Crippen LogP contribution in [0.1, 0.15) is 5.56 Å². The zero-order valence-electron chi connectivity index (χ0n) is 7.93. The largest absolute Gasteiger partial charge is 0.359 e. The van der Waals surface area contributed by atoms with E-state index in [1.54, 1.807) is 7.11 Å². The summed E-state index contributed by atoms with van der Waals surface area (Å²) in [5, 5.41) is 0.772. The van der Waals surface area contributed by atoms with Gasteiger partial charge in [0.05, 0.1) is 6.61 Å². The molecule has 0 N–H and O–H groups in total. The number of benzene rings is 1. The van der Waals surface area contributed by atoms with Crippen LogP contribution < -0.4 is 0 Å². The SMILES string of the molecule is COCOCCc1cc(Br)ccc1Cl. The van der Waals surface area contributed by atoms with Gasteiger partial charge in [-0.1, -0.05) is 27.5 Å². The first kappa shape index (κ1) is 12.0. The maximum atomic E-state index is 6.00. The van der Waals surface area contributed by atoms with Gasteiger partial charge in [-0.05, 0) is 30.2 Å². The summed E-state index contributed by atoms with van der Waals surface area (Å²) in [6, 6.07) is 5.79. The summed E-state index contributed by atoms with van der Waals surface area (Å²) >= 11 is 9.40. The van der Waals surface area contributed by atoms with Gasteiger partial charge in [-0.15, -0.1) is 0 Å². The van der Waals surface area contributed by atoms with Crippen molar-refractivity contribution in [1.29, 1.82) is 0 Å². The number of rotatable bonds is 5. The average molecular weight is 280 g/mol. The molecule has 0 aliphatic carbocycles. The fourth-order valence-electron chi connectivity index (χ4n) is 1.06. The molecule has 0 radical (unpaired) electrons. The van der Waals surface area contributed by atoms with Crippen LogP contribution in [0.25, 0.3) is 0 Å². The number of hydrogen-bond acceptors (Lipinski definition) is 2. The fraction of sp³-hybridized carbons (Fsp3) is 0.400. The Hall–Kier alpha value is -0.0900. The first-order valence-electron chi connectivity index (χ1n) is 4.24. The molecule has 78 valence electrons. The standard InChI is InChI=1S/C10H12BrClO2/c1-13-7-14-5-4-8-6-9(11)2-3-10(8)12/h2-3,6H,4-5,7H2,1H3. The van der Waals surface area contributed by atoms with Crippen molar-refractivity contribution in [2.24, 2.45) is 0 Å². The molecule has 0 atom stereocenters. The van der Waals surface area contributed by atoms with Crippen LogP contribution in [-0.2, 0) is 15.9 Å². The van der Waals surface area contributed by atoms with Gasteiger partial charge in [0.2, 0.25) is 0 Å². The lowest BCUT2D eigenvalue weighted by Crippen LogP contribution is -2.01. The normalized spacial score (nSPS) is 10.5. The predicted molar refractivity (Wildman–Crippen MR) is 60.7 cm³/mol. The molecule has 0 aliphatic rings. The maximum Gasteiger partial charge on any atom is 0.146 e. The highest BCUT2D eigenvalue weighted by atomic mass is 79.9. The molecule has 0 unspecified atom stereocenters. The highest BCUT2D eigenvalue weighted by Gasteiger charge is 2.00. The Labute approximate surface area is 97.3 Å². The molecule has 0 heterocycles. The van der Waals surface area contributed by atoms with Crippen LogP contribution in [0.5, 0.6) is 0 Å². The van der Waals surface area contributed by atoms with Gasteiger partial charge >= 0.3 is 0 Å². The van der Waals surface area contributed by atoms with Gasteiger partial charge in [0.1, 0.15) is 6.79 Å². The van der Waals surface area contributed by atoms with E-state index in [4.69, 9.17) is 21.1 Å². The number of methoxy groups -OCH3 is 1. The van der Waals surface area contributed by atoms with Crippen LogP contribution in [0.15, 0.2) is 22.7 Å². The molecule has 0 saturated carbocycles. The predicted octanol–water partition coefficient (Wildman–Crippen LogP) is 3.27. The Bertz CT molecular complexity index is 291. The molecule has 0 saturated heterocycles. The van der Waals surface area contributed by atoms with Crippen molar-refractivity contribution in [1.82, 2.24) is 0 Å². The minimum Gasteiger partial charge on any atom is -0.359 e. The summed E-state index contributed by atoms with van der Waals surface area (Å²) < 4.78 is 11.0. The van der Waals surface area contributed by atoms with Crippen LogP contribution >= 0.6 is 27.5 Å². The molecule has 0 spiro atoms. The average Bonchev–Trinajstić information content (AvgIpc) is 2.18. The van der Waals surface area contributed by atoms with Gasteiger partial charge in [0.25, 0.3) is 0 Å². The summed E-state index contributed by atoms with van der Waals surface area (Å²) in [6.07, 6.45) is 0.793. The first-order chi connectivity index (χ1) is 6.74. The van der Waals surface area contributed by atoms with Crippen LogP contribution in [0, 0.1) is 0 Å². The Kier molecular flexibility index (Phi) is 5.48. The molecule has 0 bridgehead atoms. The van der Waals surface area contributed by atoms with E-state index in [1.165, 1.54) is 0 Å². The topological polar surface area (TPSA) is 18.5 Å². The third kappa shape index (κ3) is 3.96. The molecule has 0 aliphatic heterocycles. The molecule has 0 amide bonds. The third-order valence-electron chi connectivity index (χ3n) is 1.72. The van der Waals surface area contributed by atoms with Crippen molar-refractivity contribution < 1.29 is 9.47 Å². The molecule has 4 heteroatoms. The maximum absolute atomic E-state index is 6.00. The van der Waals surface area contributed by atoms with Gasteiger partial charge in [-0.3, -0.25) is 0 Å². The van der Waals surface area contributed by atoms with E-state index in [-0.39, 0.29) is 0 Å². The van der Waals surface area contributed by atoms with Crippen LogP contribution in [0.4, 0.5) is 0 Å². The van der Waals surface area contributed by atoms with E-state index >= 15 is 0 Å². The zero-order chi connectivity index (χ0) is 10.4. The van der Waals surface area contributed by atoms with E-state index < -0.39 is 0 Å². The van der Waals surface area contributed by atoms with Gasteiger partial charge in [0, 0.05) is 16.6 Å². The summed E-state index contributed by atoms with van der Waals surface area (Å²) in [6.45, 7) is 0.940. The summed E-state index contributed by atoms with van der Waals surface area (Å²) in [5.74, 6) is 0. The van der Waals surface area contributed by atoms with Crippen molar-refractivity contribution in [2.45, 2.75) is 6.42 Å². The Morgan fingerprint density at radius 3 is 2.93 bits per heavy atom. The van der Waals surface area contributed by atoms with Gasteiger partial charge in [-0.25, -0.2) is 0 Å². The molecule has 1 rings (SSSR count). The molecule has 14 heavy (non-hydrogen) atoms. The van der Waals surface area contributed by atoms with Crippen molar-refractivity contribution in [3.8, 4) is 0 Å². The van der Waals surface area contributed by atoms with Crippen LogP contribution in [-0.4, -0.2) is 20.5 Å². The molecule has 1 aromatic rings. The summed E-state index contributed by atoms with van der Waals surface area (Å²) in [5.41, 5.74) is 1.08. The molecular weight excluding hydrogens is 267 g/mol. The van der Waals surface area contributed by atoms with E-state index in [9.17, 15) is 0 Å². The quantitative estimate of drug-likeness (QED) is 0.608. The molecule has 0 fully saturated rings. The smallest absolute Gasteiger partial charge is 0.146 e. The second-order valence-electron chi connectivity index (χ2n) is 2.80. The Morgan fingerprint density at radius 1 is 1.43 bits per heavy atom. The van der Waals surface area contributed by atoms with Crippen molar-refractivity contribution in [3.63, 3.8) is 0 Å². The van der Waals surface area contributed by atoms with Crippen molar-refractivity contribution in [3.05, 3.63) is 33.3 Å². The molecule has 2 nitrogen and oxygen atoms in total. The van der Waals surface area contributed by atoms with Crippen LogP contribution in [0.3, 0.4) is 0 Å².